The number of rotatable bonds is 4. The normalized spacial score (nSPS) is 13.5. The van der Waals surface area contributed by atoms with Crippen LogP contribution in [0.25, 0.3) is 0 Å². The first-order valence-electron chi connectivity index (χ1n) is 5.72. The van der Waals surface area contributed by atoms with E-state index in [-0.39, 0.29) is 6.42 Å². The van der Waals surface area contributed by atoms with E-state index in [1.165, 1.54) is 0 Å². The van der Waals surface area contributed by atoms with E-state index in [0.717, 1.165) is 22.4 Å². The Morgan fingerprint density at radius 2 is 1.72 bits per heavy atom. The number of ether oxygens (including phenoxy) is 1. The van der Waals surface area contributed by atoms with Crippen LogP contribution in [-0.4, -0.2) is 13.3 Å². The topological polar surface area (TPSA) is 35.2 Å². The van der Waals surface area contributed by atoms with Crippen LogP contribution in [-0.2, 0) is 0 Å². The number of hydrogen-bond acceptors (Lipinski definition) is 2. The summed E-state index contributed by atoms with van der Waals surface area (Å²) >= 11 is 0. The maximum atomic E-state index is 12.1. The molecular formula is C13H18F3NO. The van der Waals surface area contributed by atoms with Crippen LogP contribution in [0.2, 0.25) is 0 Å². The van der Waals surface area contributed by atoms with Gasteiger partial charge in [0.2, 0.25) is 0 Å². The molecule has 0 unspecified atom stereocenters. The summed E-state index contributed by atoms with van der Waals surface area (Å²) in [7, 11) is 1.57. The van der Waals surface area contributed by atoms with E-state index >= 15 is 0 Å². The highest BCUT2D eigenvalue weighted by atomic mass is 19.4. The lowest BCUT2D eigenvalue weighted by atomic mass is 9.98. The van der Waals surface area contributed by atoms with E-state index < -0.39 is 18.6 Å². The van der Waals surface area contributed by atoms with E-state index in [1.807, 2.05) is 13.8 Å². The Morgan fingerprint density at radius 3 is 2.11 bits per heavy atom. The molecule has 1 rings (SSSR count). The fourth-order valence-electron chi connectivity index (χ4n) is 2.01. The Kier molecular flexibility index (Phi) is 4.62. The van der Waals surface area contributed by atoms with Gasteiger partial charge in [-0.25, -0.2) is 0 Å². The molecule has 2 nitrogen and oxygen atoms in total. The van der Waals surface area contributed by atoms with E-state index in [4.69, 9.17) is 10.5 Å². The van der Waals surface area contributed by atoms with Crippen molar-refractivity contribution in [1.29, 1.82) is 0 Å². The number of halogens is 3. The van der Waals surface area contributed by atoms with Crippen LogP contribution in [0.1, 0.15) is 35.6 Å². The molecule has 0 heterocycles. The minimum Gasteiger partial charge on any atom is -0.496 e. The summed E-state index contributed by atoms with van der Waals surface area (Å²) in [4.78, 5) is 0. The van der Waals surface area contributed by atoms with E-state index in [1.54, 1.807) is 19.2 Å². The smallest absolute Gasteiger partial charge is 0.389 e. The molecule has 1 aromatic carbocycles. The molecule has 0 bridgehead atoms. The van der Waals surface area contributed by atoms with Crippen LogP contribution < -0.4 is 10.5 Å². The first-order chi connectivity index (χ1) is 8.24. The van der Waals surface area contributed by atoms with Crippen molar-refractivity contribution < 1.29 is 17.9 Å². The highest BCUT2D eigenvalue weighted by Crippen LogP contribution is 2.30. The van der Waals surface area contributed by atoms with Crippen molar-refractivity contribution >= 4 is 0 Å². The van der Waals surface area contributed by atoms with Crippen molar-refractivity contribution in [3.05, 3.63) is 28.8 Å². The van der Waals surface area contributed by atoms with Gasteiger partial charge in [0.1, 0.15) is 5.75 Å². The van der Waals surface area contributed by atoms with E-state index in [0.29, 0.717) is 0 Å². The number of methoxy groups -OCH3 is 1. The molecule has 0 aromatic heterocycles. The maximum absolute atomic E-state index is 12.1. The van der Waals surface area contributed by atoms with Crippen molar-refractivity contribution in [3.63, 3.8) is 0 Å². The molecular weight excluding hydrogens is 243 g/mol. The van der Waals surface area contributed by atoms with Gasteiger partial charge >= 0.3 is 6.18 Å². The molecule has 2 N–H and O–H groups in total. The molecule has 0 amide bonds. The van der Waals surface area contributed by atoms with Gasteiger partial charge in [-0.05, 0) is 37.0 Å². The molecule has 5 heteroatoms. The van der Waals surface area contributed by atoms with Crippen molar-refractivity contribution in [2.75, 3.05) is 7.11 Å². The van der Waals surface area contributed by atoms with Crippen LogP contribution in [0.3, 0.4) is 0 Å². The van der Waals surface area contributed by atoms with Gasteiger partial charge < -0.3 is 10.5 Å². The highest BCUT2D eigenvalue weighted by molar-refractivity contribution is 5.44. The largest absolute Gasteiger partial charge is 0.496 e. The van der Waals surface area contributed by atoms with Crippen molar-refractivity contribution in [1.82, 2.24) is 0 Å². The number of hydrogen-bond donors (Lipinski definition) is 1. The second-order valence-corrected chi connectivity index (χ2v) is 4.45. The van der Waals surface area contributed by atoms with Gasteiger partial charge in [0.05, 0.1) is 7.11 Å². The lowest BCUT2D eigenvalue weighted by Gasteiger charge is -2.17. The third kappa shape index (κ3) is 3.91. The zero-order valence-electron chi connectivity index (χ0n) is 10.8. The number of aryl methyl sites for hydroxylation is 2. The third-order valence-electron chi connectivity index (χ3n) is 2.85. The number of nitrogens with two attached hydrogens (primary N) is 1. The second kappa shape index (κ2) is 5.61. The number of benzene rings is 1. The quantitative estimate of drug-likeness (QED) is 0.897. The molecule has 102 valence electrons. The second-order valence-electron chi connectivity index (χ2n) is 4.45. The average Bonchev–Trinajstić information content (AvgIpc) is 2.24. The Hall–Kier alpha value is -1.23. The first-order valence-corrected chi connectivity index (χ1v) is 5.72. The van der Waals surface area contributed by atoms with Gasteiger partial charge in [0.15, 0.2) is 0 Å². The van der Waals surface area contributed by atoms with E-state index in [2.05, 4.69) is 0 Å². The minimum atomic E-state index is -4.16. The van der Waals surface area contributed by atoms with Gasteiger partial charge in [0.25, 0.3) is 0 Å². The molecule has 1 aromatic rings. The predicted molar refractivity (Wildman–Crippen MR) is 64.7 cm³/mol. The summed E-state index contributed by atoms with van der Waals surface area (Å²) in [5.41, 5.74) is 8.28. The lowest BCUT2D eigenvalue weighted by molar-refractivity contribution is -0.136. The molecule has 0 saturated heterocycles. The molecule has 0 aliphatic heterocycles. The molecule has 0 aliphatic rings. The SMILES string of the molecule is COc1c(C)cc([C@@H](N)CCC(F)(F)F)cc1C. The van der Waals surface area contributed by atoms with Gasteiger partial charge in [0, 0.05) is 12.5 Å². The average molecular weight is 261 g/mol. The Balaban J connectivity index is 2.84. The van der Waals surface area contributed by atoms with Crippen molar-refractivity contribution in [2.45, 2.75) is 38.9 Å². The maximum Gasteiger partial charge on any atom is 0.389 e. The third-order valence-corrected chi connectivity index (χ3v) is 2.85. The minimum absolute atomic E-state index is 0.102. The lowest BCUT2D eigenvalue weighted by Crippen LogP contribution is -2.16. The number of alkyl halides is 3. The van der Waals surface area contributed by atoms with E-state index in [9.17, 15) is 13.2 Å². The van der Waals surface area contributed by atoms with Crippen molar-refractivity contribution in [3.8, 4) is 5.75 Å². The summed E-state index contributed by atoms with van der Waals surface area (Å²) in [6.45, 7) is 3.71. The standard InChI is InChI=1S/C13H18F3NO/c1-8-6-10(7-9(2)12(8)18-3)11(17)4-5-13(14,15)16/h6-7,11H,4-5,17H2,1-3H3/t11-/m0/s1. The highest BCUT2D eigenvalue weighted by Gasteiger charge is 2.28. The molecule has 1 atom stereocenters. The van der Waals surface area contributed by atoms with Crippen LogP contribution >= 0.6 is 0 Å². The Labute approximate surface area is 105 Å². The molecule has 0 fully saturated rings. The summed E-state index contributed by atoms with van der Waals surface area (Å²) in [5, 5.41) is 0. The summed E-state index contributed by atoms with van der Waals surface area (Å²) < 4.78 is 41.6. The van der Waals surface area contributed by atoms with Crippen LogP contribution in [0.15, 0.2) is 12.1 Å². The monoisotopic (exact) mass is 261 g/mol. The first kappa shape index (κ1) is 14.8. The molecule has 0 saturated carbocycles. The Morgan fingerprint density at radius 1 is 1.22 bits per heavy atom. The van der Waals surface area contributed by atoms with Gasteiger partial charge in [-0.3, -0.25) is 0 Å². The molecule has 0 aliphatic carbocycles. The van der Waals surface area contributed by atoms with Gasteiger partial charge in [-0.15, -0.1) is 0 Å². The molecule has 18 heavy (non-hydrogen) atoms. The zero-order valence-corrected chi connectivity index (χ0v) is 10.8. The summed E-state index contributed by atoms with van der Waals surface area (Å²) in [5.74, 6) is 0.752. The van der Waals surface area contributed by atoms with Crippen LogP contribution in [0.5, 0.6) is 5.75 Å². The summed E-state index contributed by atoms with van der Waals surface area (Å²) in [6.07, 6.45) is -5.12. The van der Waals surface area contributed by atoms with Crippen LogP contribution in [0, 0.1) is 13.8 Å². The predicted octanol–water partition coefficient (Wildman–Crippen LogP) is 3.65. The Bertz CT molecular complexity index is 392. The molecule has 0 radical (unpaired) electrons. The van der Waals surface area contributed by atoms with Crippen molar-refractivity contribution in [2.24, 2.45) is 5.73 Å². The fourth-order valence-corrected chi connectivity index (χ4v) is 2.01. The zero-order chi connectivity index (χ0) is 13.9. The molecule has 0 spiro atoms. The summed E-state index contributed by atoms with van der Waals surface area (Å²) in [6, 6.07) is 2.97. The fraction of sp³-hybridized carbons (Fsp3) is 0.538. The van der Waals surface area contributed by atoms with Gasteiger partial charge in [-0.2, -0.15) is 13.2 Å². The van der Waals surface area contributed by atoms with Crippen LogP contribution in [0.4, 0.5) is 13.2 Å². The van der Waals surface area contributed by atoms with Gasteiger partial charge in [-0.1, -0.05) is 12.1 Å².